The van der Waals surface area contributed by atoms with E-state index in [1.165, 1.54) is 43.7 Å². The maximum Gasteiger partial charge on any atom is 0.379 e. The van der Waals surface area contributed by atoms with Crippen molar-refractivity contribution >= 4 is 67.4 Å². The Bertz CT molecular complexity index is 1330. The van der Waals surface area contributed by atoms with E-state index in [4.69, 9.17) is 13.9 Å². The zero-order chi connectivity index (χ0) is 24.4. The van der Waals surface area contributed by atoms with Crippen LogP contribution in [0.3, 0.4) is 0 Å². The van der Waals surface area contributed by atoms with Crippen LogP contribution < -0.4 is 19.7 Å². The Hall–Kier alpha value is -3.70. The average molecular weight is 590 g/mol. The highest BCUT2D eigenvalue weighted by molar-refractivity contribution is 9.11. The summed E-state index contributed by atoms with van der Waals surface area (Å²) in [6.07, 6.45) is 2.56. The third kappa shape index (κ3) is 4.66. The number of nitrogens with one attached hydrogen (secondary N) is 1. The zero-order valence-corrected chi connectivity index (χ0v) is 20.5. The fraction of sp³-hybridized carbons (Fsp3) is 0.0435. The quantitative estimate of drug-likeness (QED) is 0.198. The molecule has 0 saturated carbocycles. The number of nitrogens with zero attached hydrogens (tertiary/aromatic N) is 1. The topological polar surface area (TPSA) is 115 Å². The molecule has 1 fully saturated rings. The Labute approximate surface area is 209 Å². The number of hydrogen-bond acceptors (Lipinski definition) is 7. The number of imide groups is 2. The summed E-state index contributed by atoms with van der Waals surface area (Å²) in [4.78, 5) is 51.5. The van der Waals surface area contributed by atoms with Crippen molar-refractivity contribution in [2.24, 2.45) is 0 Å². The van der Waals surface area contributed by atoms with Gasteiger partial charge in [-0.3, -0.25) is 14.9 Å². The first-order chi connectivity index (χ1) is 16.3. The standard InChI is InChI=1S/C23H14Br2N2O7/c1-32-15-6-4-14(5-7-15)27-21(29)16(20(28)26-23(27)31)10-12-9-13(24)11-17(25)19(12)34-22(30)18-3-2-8-33-18/h2-11H,1H3,(H,26,28,31)/b16-10-. The lowest BCUT2D eigenvalue weighted by molar-refractivity contribution is -0.122. The molecule has 0 radical (unpaired) electrons. The lowest BCUT2D eigenvalue weighted by Crippen LogP contribution is -2.54. The van der Waals surface area contributed by atoms with Crippen molar-refractivity contribution in [1.82, 2.24) is 5.32 Å². The molecule has 1 saturated heterocycles. The smallest absolute Gasteiger partial charge is 0.379 e. The van der Waals surface area contributed by atoms with Crippen LogP contribution in [0.25, 0.3) is 6.08 Å². The predicted molar refractivity (Wildman–Crippen MR) is 128 cm³/mol. The van der Waals surface area contributed by atoms with E-state index in [1.54, 1.807) is 24.3 Å². The Balaban J connectivity index is 1.74. The number of anilines is 1. The first kappa shape index (κ1) is 23.5. The summed E-state index contributed by atoms with van der Waals surface area (Å²) in [7, 11) is 1.49. The molecule has 1 aromatic heterocycles. The molecular weight excluding hydrogens is 576 g/mol. The lowest BCUT2D eigenvalue weighted by Gasteiger charge is -2.26. The first-order valence-electron chi connectivity index (χ1n) is 9.58. The van der Waals surface area contributed by atoms with Crippen LogP contribution in [-0.4, -0.2) is 30.9 Å². The van der Waals surface area contributed by atoms with E-state index < -0.39 is 23.8 Å². The van der Waals surface area contributed by atoms with Crippen LogP contribution in [0, 0.1) is 0 Å². The van der Waals surface area contributed by atoms with Gasteiger partial charge in [-0.1, -0.05) is 15.9 Å². The Morgan fingerprint density at radius 2 is 1.82 bits per heavy atom. The van der Waals surface area contributed by atoms with E-state index in [-0.39, 0.29) is 28.3 Å². The Morgan fingerprint density at radius 3 is 2.47 bits per heavy atom. The van der Waals surface area contributed by atoms with Gasteiger partial charge >= 0.3 is 12.0 Å². The second-order valence-electron chi connectivity index (χ2n) is 6.83. The summed E-state index contributed by atoms with van der Waals surface area (Å²) in [5, 5.41) is 2.15. The van der Waals surface area contributed by atoms with Crippen LogP contribution in [0.5, 0.6) is 11.5 Å². The number of hydrogen-bond donors (Lipinski definition) is 1. The van der Waals surface area contributed by atoms with Crippen LogP contribution in [0.15, 0.2) is 73.7 Å². The second-order valence-corrected chi connectivity index (χ2v) is 8.60. The number of halogens is 2. The number of furan rings is 1. The van der Waals surface area contributed by atoms with Gasteiger partial charge in [-0.25, -0.2) is 14.5 Å². The third-order valence-electron chi connectivity index (χ3n) is 4.69. The van der Waals surface area contributed by atoms with Crippen molar-refractivity contribution in [2.75, 3.05) is 12.0 Å². The van der Waals surface area contributed by atoms with Crippen molar-refractivity contribution in [3.63, 3.8) is 0 Å². The normalized spacial score (nSPS) is 14.9. The molecule has 0 aliphatic carbocycles. The largest absolute Gasteiger partial charge is 0.497 e. The summed E-state index contributed by atoms with van der Waals surface area (Å²) >= 11 is 6.67. The summed E-state index contributed by atoms with van der Waals surface area (Å²) in [5.74, 6) is -1.97. The number of rotatable bonds is 5. The average Bonchev–Trinajstić information content (AvgIpc) is 3.34. The monoisotopic (exact) mass is 588 g/mol. The molecule has 34 heavy (non-hydrogen) atoms. The van der Waals surface area contributed by atoms with Crippen molar-refractivity contribution < 1.29 is 33.1 Å². The highest BCUT2D eigenvalue weighted by Crippen LogP contribution is 2.36. The fourth-order valence-corrected chi connectivity index (χ4v) is 4.45. The van der Waals surface area contributed by atoms with Crippen LogP contribution in [0.1, 0.15) is 16.1 Å². The van der Waals surface area contributed by atoms with Crippen LogP contribution >= 0.6 is 31.9 Å². The van der Waals surface area contributed by atoms with Crippen molar-refractivity contribution in [2.45, 2.75) is 0 Å². The number of ether oxygens (including phenoxy) is 2. The van der Waals surface area contributed by atoms with E-state index in [0.29, 0.717) is 14.7 Å². The van der Waals surface area contributed by atoms with E-state index in [0.717, 1.165) is 4.90 Å². The van der Waals surface area contributed by atoms with Crippen molar-refractivity contribution in [3.05, 3.63) is 80.6 Å². The minimum Gasteiger partial charge on any atom is -0.497 e. The first-order valence-corrected chi connectivity index (χ1v) is 11.2. The van der Waals surface area contributed by atoms with Crippen molar-refractivity contribution in [1.29, 1.82) is 0 Å². The zero-order valence-electron chi connectivity index (χ0n) is 17.3. The maximum absolute atomic E-state index is 13.2. The Kier molecular flexibility index (Phi) is 6.66. The van der Waals surface area contributed by atoms with E-state index in [9.17, 15) is 19.2 Å². The number of urea groups is 1. The summed E-state index contributed by atoms with van der Waals surface area (Å²) < 4.78 is 16.6. The number of amides is 4. The summed E-state index contributed by atoms with van der Waals surface area (Å²) in [5.41, 5.74) is 0.126. The molecule has 9 nitrogen and oxygen atoms in total. The SMILES string of the molecule is COc1ccc(N2C(=O)NC(=O)/C(=C/c3cc(Br)cc(Br)c3OC(=O)c3ccco3)C2=O)cc1. The number of barbiturate groups is 1. The highest BCUT2D eigenvalue weighted by atomic mass is 79.9. The molecule has 0 unspecified atom stereocenters. The molecule has 172 valence electrons. The van der Waals surface area contributed by atoms with Crippen LogP contribution in [0.2, 0.25) is 0 Å². The van der Waals surface area contributed by atoms with Gasteiger partial charge in [0, 0.05) is 10.0 Å². The van der Waals surface area contributed by atoms with E-state index >= 15 is 0 Å². The molecule has 2 aromatic carbocycles. The molecule has 1 N–H and O–H groups in total. The molecule has 0 atom stereocenters. The molecule has 2 heterocycles. The van der Waals surface area contributed by atoms with Gasteiger partial charge < -0.3 is 13.9 Å². The van der Waals surface area contributed by atoms with Gasteiger partial charge in [0.05, 0.1) is 23.5 Å². The molecule has 4 amide bonds. The molecule has 11 heteroatoms. The van der Waals surface area contributed by atoms with Gasteiger partial charge in [0.2, 0.25) is 5.76 Å². The number of carbonyl (C=O) groups is 4. The molecule has 0 bridgehead atoms. The second kappa shape index (κ2) is 9.65. The van der Waals surface area contributed by atoms with Gasteiger partial charge in [-0.05, 0) is 70.5 Å². The fourth-order valence-electron chi connectivity index (χ4n) is 3.11. The molecule has 3 aromatic rings. The predicted octanol–water partition coefficient (Wildman–Crippen LogP) is 4.70. The van der Waals surface area contributed by atoms with E-state index in [2.05, 4.69) is 37.2 Å². The number of benzene rings is 2. The minimum atomic E-state index is -0.891. The van der Waals surface area contributed by atoms with Gasteiger partial charge in [0.25, 0.3) is 11.8 Å². The lowest BCUT2D eigenvalue weighted by atomic mass is 10.1. The highest BCUT2D eigenvalue weighted by Gasteiger charge is 2.37. The van der Waals surface area contributed by atoms with Gasteiger partial charge in [-0.15, -0.1) is 0 Å². The molecule has 0 spiro atoms. The van der Waals surface area contributed by atoms with Crippen LogP contribution in [-0.2, 0) is 9.59 Å². The molecular formula is C23H14Br2N2O7. The number of methoxy groups -OCH3 is 1. The molecule has 4 rings (SSSR count). The van der Waals surface area contributed by atoms with Gasteiger partial charge in [0.15, 0.2) is 5.75 Å². The number of carbonyl (C=O) groups excluding carboxylic acids is 4. The van der Waals surface area contributed by atoms with Crippen LogP contribution in [0.4, 0.5) is 10.5 Å². The van der Waals surface area contributed by atoms with Gasteiger partial charge in [-0.2, -0.15) is 0 Å². The molecule has 1 aliphatic rings. The minimum absolute atomic E-state index is 0.0313. The molecule has 1 aliphatic heterocycles. The van der Waals surface area contributed by atoms with Crippen molar-refractivity contribution in [3.8, 4) is 11.5 Å². The third-order valence-corrected chi connectivity index (χ3v) is 5.73. The van der Waals surface area contributed by atoms with Gasteiger partial charge in [0.1, 0.15) is 11.3 Å². The maximum atomic E-state index is 13.2. The summed E-state index contributed by atoms with van der Waals surface area (Å²) in [6.45, 7) is 0. The Morgan fingerprint density at radius 1 is 1.09 bits per heavy atom. The summed E-state index contributed by atoms with van der Waals surface area (Å²) in [6, 6.07) is 11.4. The van der Waals surface area contributed by atoms with E-state index in [1.807, 2.05) is 0 Å². The number of esters is 1.